The van der Waals surface area contributed by atoms with Crippen LogP contribution in [0.5, 0.6) is 0 Å². The molecule has 6 heteroatoms. The fourth-order valence-corrected chi connectivity index (χ4v) is 2.23. The molecule has 0 aliphatic carbocycles. The number of nitrogens with one attached hydrogen (secondary N) is 2. The first-order valence-electron chi connectivity index (χ1n) is 7.06. The van der Waals surface area contributed by atoms with E-state index in [1.807, 2.05) is 13.0 Å². The lowest BCUT2D eigenvalue weighted by Crippen LogP contribution is -2.13. The number of amides is 2. The summed E-state index contributed by atoms with van der Waals surface area (Å²) in [5, 5.41) is 5.54. The van der Waals surface area contributed by atoms with Crippen LogP contribution in [0.1, 0.15) is 22.8 Å². The minimum absolute atomic E-state index is 0.164. The summed E-state index contributed by atoms with van der Waals surface area (Å²) in [6.45, 7) is 3.32. The predicted octanol–water partition coefficient (Wildman–Crippen LogP) is 3.35. The maximum atomic E-state index is 12.4. The van der Waals surface area contributed by atoms with Crippen molar-refractivity contribution in [1.29, 1.82) is 0 Å². The summed E-state index contributed by atoms with van der Waals surface area (Å²) < 4.78 is 5.16. The van der Waals surface area contributed by atoms with Crippen molar-refractivity contribution in [2.24, 2.45) is 0 Å². The topological polar surface area (TPSA) is 84.2 Å². The van der Waals surface area contributed by atoms with Gasteiger partial charge in [-0.2, -0.15) is 0 Å². The van der Waals surface area contributed by atoms with Gasteiger partial charge in [0.15, 0.2) is 12.0 Å². The summed E-state index contributed by atoms with van der Waals surface area (Å²) >= 11 is 0. The predicted molar refractivity (Wildman–Crippen MR) is 87.4 cm³/mol. The molecule has 116 valence electrons. The first-order chi connectivity index (χ1) is 11.0. The number of fused-ring (bicyclic) bond motifs is 1. The van der Waals surface area contributed by atoms with Gasteiger partial charge in [-0.15, -0.1) is 0 Å². The second-order valence-electron chi connectivity index (χ2n) is 5.20. The third-order valence-corrected chi connectivity index (χ3v) is 3.40. The van der Waals surface area contributed by atoms with Gasteiger partial charge in [0.1, 0.15) is 5.52 Å². The number of oxazole rings is 1. The smallest absolute Gasteiger partial charge is 0.255 e. The van der Waals surface area contributed by atoms with Gasteiger partial charge in [0.2, 0.25) is 5.91 Å². The highest BCUT2D eigenvalue weighted by Crippen LogP contribution is 2.22. The van der Waals surface area contributed by atoms with Crippen LogP contribution in [-0.2, 0) is 4.79 Å². The van der Waals surface area contributed by atoms with Crippen LogP contribution in [0.2, 0.25) is 0 Å². The lowest BCUT2D eigenvalue weighted by Gasteiger charge is -2.11. The van der Waals surface area contributed by atoms with Gasteiger partial charge >= 0.3 is 0 Å². The van der Waals surface area contributed by atoms with Crippen LogP contribution in [0, 0.1) is 6.92 Å². The molecule has 0 radical (unpaired) electrons. The lowest BCUT2D eigenvalue weighted by atomic mass is 10.1. The molecule has 1 heterocycles. The highest BCUT2D eigenvalue weighted by Gasteiger charge is 2.10. The Kier molecular flexibility index (Phi) is 3.80. The number of anilines is 2. The molecule has 0 saturated heterocycles. The number of hydrogen-bond acceptors (Lipinski definition) is 4. The summed E-state index contributed by atoms with van der Waals surface area (Å²) in [4.78, 5) is 27.6. The molecule has 6 nitrogen and oxygen atoms in total. The van der Waals surface area contributed by atoms with Crippen LogP contribution in [0.4, 0.5) is 11.4 Å². The number of rotatable bonds is 3. The van der Waals surface area contributed by atoms with Crippen LogP contribution < -0.4 is 10.6 Å². The zero-order valence-corrected chi connectivity index (χ0v) is 12.7. The van der Waals surface area contributed by atoms with Crippen molar-refractivity contribution in [3.05, 3.63) is 53.9 Å². The largest absolute Gasteiger partial charge is 0.443 e. The van der Waals surface area contributed by atoms with Crippen molar-refractivity contribution in [2.75, 3.05) is 10.6 Å². The molecule has 0 fully saturated rings. The molecule has 0 atom stereocenters. The SMILES string of the molecule is CC(=O)Nc1ccc(C)c(NC(=O)c2ccc3ocnc3c2)c1. The second-order valence-corrected chi connectivity index (χ2v) is 5.20. The van der Waals surface area contributed by atoms with E-state index in [2.05, 4.69) is 15.6 Å². The van der Waals surface area contributed by atoms with Crippen LogP contribution >= 0.6 is 0 Å². The molecule has 2 amide bonds. The molecule has 0 aliphatic heterocycles. The maximum absolute atomic E-state index is 12.4. The molecule has 3 rings (SSSR count). The van der Waals surface area contributed by atoms with Gasteiger partial charge in [0.25, 0.3) is 5.91 Å². The van der Waals surface area contributed by atoms with Crippen molar-refractivity contribution in [3.8, 4) is 0 Å². The van der Waals surface area contributed by atoms with Gasteiger partial charge in [0.05, 0.1) is 0 Å². The van der Waals surface area contributed by atoms with Crippen molar-refractivity contribution < 1.29 is 14.0 Å². The van der Waals surface area contributed by atoms with Gasteiger partial charge in [0, 0.05) is 23.9 Å². The molecule has 2 aromatic carbocycles. The highest BCUT2D eigenvalue weighted by atomic mass is 16.3. The number of aryl methyl sites for hydroxylation is 1. The van der Waals surface area contributed by atoms with Crippen molar-refractivity contribution >= 4 is 34.3 Å². The van der Waals surface area contributed by atoms with Crippen molar-refractivity contribution in [1.82, 2.24) is 4.98 Å². The first-order valence-corrected chi connectivity index (χ1v) is 7.06. The van der Waals surface area contributed by atoms with E-state index in [1.165, 1.54) is 13.3 Å². The molecule has 0 unspecified atom stereocenters. The number of aromatic nitrogens is 1. The summed E-state index contributed by atoms with van der Waals surface area (Å²) in [5.74, 6) is -0.416. The molecule has 0 aliphatic rings. The van der Waals surface area contributed by atoms with Crippen LogP contribution in [0.15, 0.2) is 47.2 Å². The molecule has 2 N–H and O–H groups in total. The quantitative estimate of drug-likeness (QED) is 0.777. The first kappa shape index (κ1) is 14.8. The van der Waals surface area contributed by atoms with Gasteiger partial charge in [-0.1, -0.05) is 6.07 Å². The van der Waals surface area contributed by atoms with E-state index in [0.717, 1.165) is 5.56 Å². The molecule has 0 spiro atoms. The van der Waals surface area contributed by atoms with E-state index in [1.54, 1.807) is 30.3 Å². The van der Waals surface area contributed by atoms with Crippen molar-refractivity contribution in [3.63, 3.8) is 0 Å². The van der Waals surface area contributed by atoms with Gasteiger partial charge < -0.3 is 15.1 Å². The Labute approximate surface area is 132 Å². The fourth-order valence-electron chi connectivity index (χ4n) is 2.23. The Hall–Kier alpha value is -3.15. The summed E-state index contributed by atoms with van der Waals surface area (Å²) in [5.41, 5.74) is 3.91. The van der Waals surface area contributed by atoms with E-state index >= 15 is 0 Å². The van der Waals surface area contributed by atoms with E-state index < -0.39 is 0 Å². The van der Waals surface area contributed by atoms with E-state index in [9.17, 15) is 9.59 Å². The number of carbonyl (C=O) groups is 2. The zero-order valence-electron chi connectivity index (χ0n) is 12.7. The second kappa shape index (κ2) is 5.92. The standard InChI is InChI=1S/C17H15N3O3/c1-10-3-5-13(19-11(2)21)8-14(10)20-17(22)12-4-6-16-15(7-12)18-9-23-16/h3-9H,1-2H3,(H,19,21)(H,20,22). The number of nitrogens with zero attached hydrogens (tertiary/aromatic N) is 1. The minimum Gasteiger partial charge on any atom is -0.443 e. The lowest BCUT2D eigenvalue weighted by molar-refractivity contribution is -0.114. The third kappa shape index (κ3) is 3.21. The average Bonchev–Trinajstić information content (AvgIpc) is 2.97. The molecule has 0 saturated carbocycles. The molecule has 23 heavy (non-hydrogen) atoms. The molecular weight excluding hydrogens is 294 g/mol. The number of carbonyl (C=O) groups excluding carboxylic acids is 2. The van der Waals surface area contributed by atoms with E-state index in [-0.39, 0.29) is 11.8 Å². The number of benzene rings is 2. The average molecular weight is 309 g/mol. The van der Waals surface area contributed by atoms with Crippen LogP contribution in [-0.4, -0.2) is 16.8 Å². The molecular formula is C17H15N3O3. The van der Waals surface area contributed by atoms with Gasteiger partial charge in [-0.3, -0.25) is 9.59 Å². The van der Waals surface area contributed by atoms with Crippen molar-refractivity contribution in [2.45, 2.75) is 13.8 Å². The maximum Gasteiger partial charge on any atom is 0.255 e. The Morgan fingerprint density at radius 2 is 1.91 bits per heavy atom. The zero-order chi connectivity index (χ0) is 16.4. The number of hydrogen-bond donors (Lipinski definition) is 2. The molecule has 1 aromatic heterocycles. The van der Waals surface area contributed by atoms with Crippen LogP contribution in [0.3, 0.4) is 0 Å². The third-order valence-electron chi connectivity index (χ3n) is 3.40. The van der Waals surface area contributed by atoms with Gasteiger partial charge in [-0.25, -0.2) is 4.98 Å². The molecule has 0 bridgehead atoms. The monoisotopic (exact) mass is 309 g/mol. The summed E-state index contributed by atoms with van der Waals surface area (Å²) in [6, 6.07) is 10.4. The Morgan fingerprint density at radius 1 is 1.09 bits per heavy atom. The Bertz CT molecular complexity index is 899. The van der Waals surface area contributed by atoms with E-state index in [4.69, 9.17) is 4.42 Å². The van der Waals surface area contributed by atoms with Gasteiger partial charge in [-0.05, 0) is 42.8 Å². The minimum atomic E-state index is -0.252. The van der Waals surface area contributed by atoms with E-state index in [0.29, 0.717) is 28.0 Å². The Morgan fingerprint density at radius 3 is 2.70 bits per heavy atom. The normalized spacial score (nSPS) is 10.5. The highest BCUT2D eigenvalue weighted by molar-refractivity contribution is 6.06. The van der Waals surface area contributed by atoms with Crippen LogP contribution in [0.25, 0.3) is 11.1 Å². The molecule has 3 aromatic rings. The summed E-state index contributed by atoms with van der Waals surface area (Å²) in [6.07, 6.45) is 1.34. The fraction of sp³-hybridized carbons (Fsp3) is 0.118. The Balaban J connectivity index is 1.85. The summed E-state index contributed by atoms with van der Waals surface area (Å²) in [7, 11) is 0.